The molecule has 0 radical (unpaired) electrons. The van der Waals surface area contributed by atoms with E-state index in [1.807, 2.05) is 19.0 Å². The van der Waals surface area contributed by atoms with Gasteiger partial charge in [0.1, 0.15) is 0 Å². The molecule has 0 saturated heterocycles. The van der Waals surface area contributed by atoms with E-state index >= 15 is 0 Å². The Morgan fingerprint density at radius 1 is 1.03 bits per heavy atom. The summed E-state index contributed by atoms with van der Waals surface area (Å²) in [5, 5.41) is 8.30. The normalized spacial score (nSPS) is 12.1. The molecule has 2 aromatic heterocycles. The van der Waals surface area contributed by atoms with E-state index in [0.29, 0.717) is 30.5 Å². The van der Waals surface area contributed by atoms with Gasteiger partial charge < -0.3 is 9.42 Å². The van der Waals surface area contributed by atoms with Gasteiger partial charge in [-0.05, 0) is 68.9 Å². The zero-order chi connectivity index (χ0) is 27.5. The van der Waals surface area contributed by atoms with Crippen molar-refractivity contribution in [2.45, 2.75) is 23.9 Å². The third-order valence-corrected chi connectivity index (χ3v) is 7.40. The molecule has 210 valence electrons. The maximum Gasteiger partial charge on any atom is 0.416 e. The third kappa shape index (κ3) is 7.44. The lowest BCUT2D eigenvalue weighted by molar-refractivity contribution is -0.137. The molecule has 0 bridgehead atoms. The highest BCUT2D eigenvalue weighted by molar-refractivity contribution is 7.89. The van der Waals surface area contributed by atoms with Gasteiger partial charge in [-0.1, -0.05) is 17.3 Å². The molecule has 4 rings (SSSR count). The number of halogens is 4. The van der Waals surface area contributed by atoms with Crippen LogP contribution in [-0.2, 0) is 36.1 Å². The Bertz CT molecular complexity index is 1480. The highest BCUT2D eigenvalue weighted by Gasteiger charge is 2.30. The van der Waals surface area contributed by atoms with Gasteiger partial charge in [0.2, 0.25) is 15.8 Å². The lowest BCUT2D eigenvalue weighted by Crippen LogP contribution is -2.31. The molecule has 2 aromatic carbocycles. The van der Waals surface area contributed by atoms with Crippen LogP contribution < -0.4 is 4.72 Å². The minimum absolute atomic E-state index is 0. The van der Waals surface area contributed by atoms with Crippen molar-refractivity contribution < 1.29 is 26.1 Å². The molecule has 0 aliphatic heterocycles. The summed E-state index contributed by atoms with van der Waals surface area (Å²) in [6.07, 6.45) is -1.80. The quantitative estimate of drug-likeness (QED) is 0.298. The van der Waals surface area contributed by atoms with Crippen molar-refractivity contribution in [3.63, 3.8) is 0 Å². The first-order valence-electron chi connectivity index (χ1n) is 11.7. The van der Waals surface area contributed by atoms with E-state index in [-0.39, 0.29) is 35.6 Å². The number of aromatic nitrogens is 4. The fraction of sp³-hybridized carbons (Fsp3) is 0.320. The van der Waals surface area contributed by atoms with E-state index in [2.05, 4.69) is 20.0 Å². The van der Waals surface area contributed by atoms with Crippen LogP contribution in [-0.4, -0.2) is 60.4 Å². The van der Waals surface area contributed by atoms with Crippen molar-refractivity contribution >= 4 is 22.4 Å². The van der Waals surface area contributed by atoms with Gasteiger partial charge in [0.05, 0.1) is 27.9 Å². The van der Waals surface area contributed by atoms with Crippen molar-refractivity contribution in [3.05, 3.63) is 71.5 Å². The van der Waals surface area contributed by atoms with Gasteiger partial charge >= 0.3 is 6.18 Å². The molecule has 0 amide bonds. The zero-order valence-electron chi connectivity index (χ0n) is 21.4. The first kappa shape index (κ1) is 30.3. The Morgan fingerprint density at radius 3 is 2.31 bits per heavy atom. The number of sulfonamides is 1. The van der Waals surface area contributed by atoms with E-state index in [0.717, 1.165) is 23.4 Å². The molecule has 0 fully saturated rings. The molecule has 2 heterocycles. The Morgan fingerprint density at radius 2 is 1.69 bits per heavy atom. The van der Waals surface area contributed by atoms with Crippen LogP contribution >= 0.6 is 12.4 Å². The zero-order valence-corrected chi connectivity index (χ0v) is 23.1. The van der Waals surface area contributed by atoms with E-state index in [1.54, 1.807) is 30.1 Å². The van der Waals surface area contributed by atoms with Crippen molar-refractivity contribution in [1.29, 1.82) is 0 Å². The third-order valence-electron chi connectivity index (χ3n) is 5.92. The monoisotopic (exact) mass is 584 g/mol. The lowest BCUT2D eigenvalue weighted by Gasteiger charge is -2.11. The lowest BCUT2D eigenvalue weighted by atomic mass is 10.0. The molecule has 9 nitrogen and oxygen atoms in total. The van der Waals surface area contributed by atoms with Gasteiger partial charge in [-0.2, -0.15) is 23.3 Å². The Labute approximate surface area is 230 Å². The summed E-state index contributed by atoms with van der Waals surface area (Å²) < 4.78 is 73.1. The molecule has 0 atom stereocenters. The fourth-order valence-electron chi connectivity index (χ4n) is 3.78. The second-order valence-corrected chi connectivity index (χ2v) is 10.7. The molecule has 0 aliphatic rings. The van der Waals surface area contributed by atoms with Gasteiger partial charge in [0.15, 0.2) is 0 Å². The standard InChI is InChI=1S/C25H27F3N6O3S.ClH/c1-33(2)15-14-30-38(35,36)20-11-7-18(8-12-20)23-31-24(37-32-23)21-16-29-34(3)22(21)13-6-17-4-9-19(10-5-17)25(26,27)28;/h4-5,7-12,16,30H,6,13-15H2,1-3H3;1H. The number of nitrogens with zero attached hydrogens (tertiary/aromatic N) is 5. The molecule has 39 heavy (non-hydrogen) atoms. The number of rotatable bonds is 10. The fourth-order valence-corrected chi connectivity index (χ4v) is 4.80. The predicted octanol–water partition coefficient (Wildman–Crippen LogP) is 4.20. The van der Waals surface area contributed by atoms with Crippen molar-refractivity contribution in [2.24, 2.45) is 7.05 Å². The van der Waals surface area contributed by atoms with E-state index in [1.165, 1.54) is 24.3 Å². The first-order chi connectivity index (χ1) is 17.9. The minimum atomic E-state index is -4.37. The second kappa shape index (κ2) is 12.3. The summed E-state index contributed by atoms with van der Waals surface area (Å²) in [6.45, 7) is 0.862. The maximum atomic E-state index is 12.8. The Balaban J connectivity index is 0.00000420. The number of aryl methyl sites for hydroxylation is 2. The van der Waals surface area contributed by atoms with Crippen molar-refractivity contribution in [2.75, 3.05) is 27.2 Å². The van der Waals surface area contributed by atoms with Gasteiger partial charge in [0.25, 0.3) is 5.89 Å². The minimum Gasteiger partial charge on any atom is -0.333 e. The van der Waals surface area contributed by atoms with E-state index < -0.39 is 21.8 Å². The van der Waals surface area contributed by atoms with Crippen LogP contribution in [0.5, 0.6) is 0 Å². The van der Waals surface area contributed by atoms with Crippen LogP contribution in [0, 0.1) is 0 Å². The number of alkyl halides is 3. The molecule has 0 unspecified atom stereocenters. The smallest absolute Gasteiger partial charge is 0.333 e. The molecular weight excluding hydrogens is 557 g/mol. The first-order valence-corrected chi connectivity index (χ1v) is 13.2. The highest BCUT2D eigenvalue weighted by Crippen LogP contribution is 2.30. The van der Waals surface area contributed by atoms with Crippen molar-refractivity contribution in [1.82, 2.24) is 29.5 Å². The average molecular weight is 585 g/mol. The van der Waals surface area contributed by atoms with Crippen molar-refractivity contribution in [3.8, 4) is 22.8 Å². The molecule has 1 N–H and O–H groups in total. The molecular formula is C25H28ClF3N6O3S. The van der Waals surface area contributed by atoms with Gasteiger partial charge in [-0.15, -0.1) is 12.4 Å². The number of benzene rings is 2. The molecule has 0 aliphatic carbocycles. The van der Waals surface area contributed by atoms with Crippen LogP contribution in [0.3, 0.4) is 0 Å². The van der Waals surface area contributed by atoms with Crippen LogP contribution in [0.25, 0.3) is 22.8 Å². The molecule has 4 aromatic rings. The number of hydrogen-bond acceptors (Lipinski definition) is 7. The molecule has 14 heteroatoms. The predicted molar refractivity (Wildman–Crippen MR) is 142 cm³/mol. The topological polar surface area (TPSA) is 106 Å². The number of nitrogens with one attached hydrogen (secondary N) is 1. The maximum absolute atomic E-state index is 12.8. The van der Waals surface area contributed by atoms with Gasteiger partial charge in [-0.25, -0.2) is 13.1 Å². The van der Waals surface area contributed by atoms with Gasteiger partial charge in [-0.3, -0.25) is 4.68 Å². The number of likely N-dealkylation sites (N-methyl/N-ethyl adjacent to an activating group) is 1. The van der Waals surface area contributed by atoms with Crippen LogP contribution in [0.15, 0.2) is 64.1 Å². The highest BCUT2D eigenvalue weighted by atomic mass is 35.5. The average Bonchev–Trinajstić information content (AvgIpc) is 3.49. The molecule has 0 saturated carbocycles. The summed E-state index contributed by atoms with van der Waals surface area (Å²) in [6, 6.07) is 11.2. The number of hydrogen-bond donors (Lipinski definition) is 1. The van der Waals surface area contributed by atoms with Crippen LogP contribution in [0.2, 0.25) is 0 Å². The molecule has 0 spiro atoms. The summed E-state index contributed by atoms with van der Waals surface area (Å²) in [5.41, 5.74) is 2.03. The SMILES string of the molecule is CN(C)CCNS(=O)(=O)c1ccc(-c2noc(-c3cnn(C)c3CCc3ccc(C(F)(F)F)cc3)n2)cc1.Cl. The summed E-state index contributed by atoms with van der Waals surface area (Å²) in [7, 11) is 1.83. The summed E-state index contributed by atoms with van der Waals surface area (Å²) in [4.78, 5) is 6.46. The summed E-state index contributed by atoms with van der Waals surface area (Å²) in [5.74, 6) is 0.514. The van der Waals surface area contributed by atoms with Crippen LogP contribution in [0.4, 0.5) is 13.2 Å². The largest absolute Gasteiger partial charge is 0.416 e. The van der Waals surface area contributed by atoms with E-state index in [4.69, 9.17) is 4.52 Å². The second-order valence-electron chi connectivity index (χ2n) is 8.97. The Kier molecular flexibility index (Phi) is 9.54. The van der Waals surface area contributed by atoms with Crippen LogP contribution in [0.1, 0.15) is 16.8 Å². The van der Waals surface area contributed by atoms with Gasteiger partial charge in [0, 0.05) is 25.7 Å². The van der Waals surface area contributed by atoms with E-state index in [9.17, 15) is 21.6 Å². The summed E-state index contributed by atoms with van der Waals surface area (Å²) >= 11 is 0. The Hall–Kier alpha value is -3.26.